The molecule has 1 saturated carbocycles. The van der Waals surface area contributed by atoms with E-state index in [0.29, 0.717) is 11.3 Å². The SMILES string of the molecule is CC1(CNC(=O)CC2CCCC2)CCNCC1. The van der Waals surface area contributed by atoms with Crippen LogP contribution in [0.5, 0.6) is 0 Å². The van der Waals surface area contributed by atoms with Gasteiger partial charge >= 0.3 is 0 Å². The molecule has 2 rings (SSSR count). The van der Waals surface area contributed by atoms with Crippen LogP contribution in [-0.4, -0.2) is 25.5 Å². The van der Waals surface area contributed by atoms with E-state index in [1.807, 2.05) is 0 Å². The molecule has 3 heteroatoms. The Balaban J connectivity index is 1.67. The van der Waals surface area contributed by atoms with Crippen molar-refractivity contribution >= 4 is 5.91 Å². The van der Waals surface area contributed by atoms with Crippen LogP contribution in [-0.2, 0) is 4.79 Å². The number of amides is 1. The van der Waals surface area contributed by atoms with Gasteiger partial charge in [-0.25, -0.2) is 0 Å². The van der Waals surface area contributed by atoms with Gasteiger partial charge in [-0.2, -0.15) is 0 Å². The number of nitrogens with one attached hydrogen (secondary N) is 2. The molecule has 0 atom stereocenters. The highest BCUT2D eigenvalue weighted by Gasteiger charge is 2.27. The van der Waals surface area contributed by atoms with Crippen LogP contribution in [0.3, 0.4) is 0 Å². The van der Waals surface area contributed by atoms with E-state index < -0.39 is 0 Å². The summed E-state index contributed by atoms with van der Waals surface area (Å²) < 4.78 is 0. The molecular weight excluding hydrogens is 212 g/mol. The average Bonchev–Trinajstić information content (AvgIpc) is 2.80. The Morgan fingerprint density at radius 1 is 1.29 bits per heavy atom. The maximum Gasteiger partial charge on any atom is 0.220 e. The lowest BCUT2D eigenvalue weighted by molar-refractivity contribution is -0.122. The number of carbonyl (C=O) groups excluding carboxylic acids is 1. The van der Waals surface area contributed by atoms with Gasteiger partial charge in [0.05, 0.1) is 0 Å². The molecule has 1 aliphatic carbocycles. The summed E-state index contributed by atoms with van der Waals surface area (Å²) in [4.78, 5) is 11.9. The molecule has 17 heavy (non-hydrogen) atoms. The van der Waals surface area contributed by atoms with Crippen LogP contribution >= 0.6 is 0 Å². The largest absolute Gasteiger partial charge is 0.356 e. The molecule has 98 valence electrons. The minimum absolute atomic E-state index is 0.275. The molecule has 1 aliphatic heterocycles. The molecule has 0 unspecified atom stereocenters. The summed E-state index contributed by atoms with van der Waals surface area (Å²) in [5.41, 5.74) is 0.316. The average molecular weight is 238 g/mol. The van der Waals surface area contributed by atoms with Crippen LogP contribution in [0.4, 0.5) is 0 Å². The first-order chi connectivity index (χ1) is 8.18. The Bertz CT molecular complexity index is 253. The third-order valence-corrected chi connectivity index (χ3v) is 4.47. The predicted octanol–water partition coefficient (Wildman–Crippen LogP) is 2.07. The third-order valence-electron chi connectivity index (χ3n) is 4.47. The van der Waals surface area contributed by atoms with E-state index in [4.69, 9.17) is 0 Å². The topological polar surface area (TPSA) is 41.1 Å². The van der Waals surface area contributed by atoms with Gasteiger partial charge in [0.2, 0.25) is 5.91 Å². The smallest absolute Gasteiger partial charge is 0.220 e. The Labute approximate surface area is 105 Å². The lowest BCUT2D eigenvalue weighted by Gasteiger charge is -2.34. The van der Waals surface area contributed by atoms with Crippen LogP contribution in [0.15, 0.2) is 0 Å². The third kappa shape index (κ3) is 3.98. The van der Waals surface area contributed by atoms with Gasteiger partial charge in [0.1, 0.15) is 0 Å². The van der Waals surface area contributed by atoms with Gasteiger partial charge in [0, 0.05) is 13.0 Å². The fourth-order valence-electron chi connectivity index (χ4n) is 3.07. The van der Waals surface area contributed by atoms with Gasteiger partial charge in [0.25, 0.3) is 0 Å². The van der Waals surface area contributed by atoms with Crippen molar-refractivity contribution in [3.63, 3.8) is 0 Å². The Kier molecular flexibility index (Phi) is 4.43. The normalized spacial score (nSPS) is 24.8. The molecule has 0 spiro atoms. The highest BCUT2D eigenvalue weighted by Crippen LogP contribution is 2.28. The van der Waals surface area contributed by atoms with Crippen LogP contribution in [0.2, 0.25) is 0 Å². The van der Waals surface area contributed by atoms with Crippen molar-refractivity contribution in [1.82, 2.24) is 10.6 Å². The van der Waals surface area contributed by atoms with Gasteiger partial charge in [-0.1, -0.05) is 19.8 Å². The highest BCUT2D eigenvalue weighted by atomic mass is 16.1. The lowest BCUT2D eigenvalue weighted by Crippen LogP contribution is -2.43. The molecule has 1 amide bonds. The first-order valence-corrected chi connectivity index (χ1v) is 7.15. The molecular formula is C14H26N2O. The molecule has 0 aromatic rings. The summed E-state index contributed by atoms with van der Waals surface area (Å²) in [5.74, 6) is 0.937. The monoisotopic (exact) mass is 238 g/mol. The molecule has 2 fully saturated rings. The maximum atomic E-state index is 11.9. The summed E-state index contributed by atoms with van der Waals surface area (Å²) in [7, 11) is 0. The minimum Gasteiger partial charge on any atom is -0.356 e. The zero-order chi connectivity index (χ0) is 12.1. The quantitative estimate of drug-likeness (QED) is 0.787. The molecule has 2 N–H and O–H groups in total. The molecule has 0 radical (unpaired) electrons. The van der Waals surface area contributed by atoms with E-state index in [9.17, 15) is 4.79 Å². The molecule has 2 aliphatic rings. The second-order valence-electron chi connectivity index (χ2n) is 6.19. The first-order valence-electron chi connectivity index (χ1n) is 7.15. The summed E-state index contributed by atoms with van der Waals surface area (Å²) in [6, 6.07) is 0. The van der Waals surface area contributed by atoms with Crippen LogP contribution < -0.4 is 10.6 Å². The van der Waals surface area contributed by atoms with Crippen molar-refractivity contribution in [3.8, 4) is 0 Å². The van der Waals surface area contributed by atoms with Crippen molar-refractivity contribution in [2.75, 3.05) is 19.6 Å². The second-order valence-corrected chi connectivity index (χ2v) is 6.19. The zero-order valence-electron chi connectivity index (χ0n) is 11.1. The second kappa shape index (κ2) is 5.85. The van der Waals surface area contributed by atoms with Crippen LogP contribution in [0.25, 0.3) is 0 Å². The Hall–Kier alpha value is -0.570. The summed E-state index contributed by atoms with van der Waals surface area (Å²) in [6.07, 6.45) is 8.27. The number of rotatable bonds is 4. The van der Waals surface area contributed by atoms with Gasteiger partial charge < -0.3 is 10.6 Å². The van der Waals surface area contributed by atoms with Gasteiger partial charge in [-0.05, 0) is 50.1 Å². The van der Waals surface area contributed by atoms with E-state index in [0.717, 1.165) is 26.1 Å². The summed E-state index contributed by atoms with van der Waals surface area (Å²) >= 11 is 0. The molecule has 1 saturated heterocycles. The van der Waals surface area contributed by atoms with Crippen LogP contribution in [0.1, 0.15) is 51.9 Å². The van der Waals surface area contributed by atoms with E-state index in [-0.39, 0.29) is 5.91 Å². The van der Waals surface area contributed by atoms with E-state index in [1.54, 1.807) is 0 Å². The fraction of sp³-hybridized carbons (Fsp3) is 0.929. The van der Waals surface area contributed by atoms with Crippen molar-refractivity contribution < 1.29 is 4.79 Å². The predicted molar refractivity (Wildman–Crippen MR) is 69.8 cm³/mol. The highest BCUT2D eigenvalue weighted by molar-refractivity contribution is 5.76. The molecule has 0 aromatic heterocycles. The van der Waals surface area contributed by atoms with Crippen molar-refractivity contribution in [1.29, 1.82) is 0 Å². The number of hydrogen-bond acceptors (Lipinski definition) is 2. The zero-order valence-corrected chi connectivity index (χ0v) is 11.1. The Morgan fingerprint density at radius 3 is 2.59 bits per heavy atom. The van der Waals surface area contributed by atoms with Crippen molar-refractivity contribution in [3.05, 3.63) is 0 Å². The standard InChI is InChI=1S/C14H26N2O/c1-14(6-8-15-9-7-14)11-16-13(17)10-12-4-2-3-5-12/h12,15H,2-11H2,1H3,(H,16,17). The van der Waals surface area contributed by atoms with Gasteiger partial charge in [0.15, 0.2) is 0 Å². The van der Waals surface area contributed by atoms with Crippen molar-refractivity contribution in [2.24, 2.45) is 11.3 Å². The summed E-state index contributed by atoms with van der Waals surface area (Å²) in [5, 5.41) is 6.53. The van der Waals surface area contributed by atoms with E-state index in [2.05, 4.69) is 17.6 Å². The van der Waals surface area contributed by atoms with E-state index in [1.165, 1.54) is 38.5 Å². The lowest BCUT2D eigenvalue weighted by atomic mass is 9.81. The number of hydrogen-bond donors (Lipinski definition) is 2. The van der Waals surface area contributed by atoms with Gasteiger partial charge in [-0.3, -0.25) is 4.79 Å². The Morgan fingerprint density at radius 2 is 1.94 bits per heavy atom. The summed E-state index contributed by atoms with van der Waals surface area (Å²) in [6.45, 7) is 5.34. The molecule has 0 bridgehead atoms. The van der Waals surface area contributed by atoms with Gasteiger partial charge in [-0.15, -0.1) is 0 Å². The number of carbonyl (C=O) groups is 1. The molecule has 0 aromatic carbocycles. The molecule has 1 heterocycles. The fourth-order valence-corrected chi connectivity index (χ4v) is 3.07. The minimum atomic E-state index is 0.275. The molecule has 3 nitrogen and oxygen atoms in total. The first kappa shape index (κ1) is 12.9. The van der Waals surface area contributed by atoms with Crippen LogP contribution in [0, 0.1) is 11.3 Å². The maximum absolute atomic E-state index is 11.9. The van der Waals surface area contributed by atoms with Crippen molar-refractivity contribution in [2.45, 2.75) is 51.9 Å². The van der Waals surface area contributed by atoms with E-state index >= 15 is 0 Å². The number of piperidine rings is 1.